The van der Waals surface area contributed by atoms with E-state index in [4.69, 9.17) is 16.3 Å². The fraction of sp³-hybridized carbons (Fsp3) is 0.333. The number of carbonyl (C=O) groups is 2. The second kappa shape index (κ2) is 8.49. The average molecular weight is 409 g/mol. The molecule has 1 aromatic carbocycles. The number of nitro groups is 1. The number of piperidine rings is 1. The maximum atomic E-state index is 12.2. The highest BCUT2D eigenvalue weighted by atomic mass is 35.5. The second-order valence-electron chi connectivity index (χ2n) is 6.11. The summed E-state index contributed by atoms with van der Waals surface area (Å²) in [4.78, 5) is 37.5. The first-order chi connectivity index (χ1) is 13.0. The second-order valence-corrected chi connectivity index (χ2v) is 7.83. The van der Waals surface area contributed by atoms with Gasteiger partial charge in [0.15, 0.2) is 6.61 Å². The molecule has 0 unspecified atom stereocenters. The number of esters is 1. The number of hydrogen-bond donors (Lipinski definition) is 0. The van der Waals surface area contributed by atoms with E-state index in [2.05, 4.69) is 0 Å². The molecule has 27 heavy (non-hydrogen) atoms. The molecule has 2 aromatic rings. The van der Waals surface area contributed by atoms with Crippen LogP contribution in [0.4, 0.5) is 11.4 Å². The number of thiophene rings is 1. The van der Waals surface area contributed by atoms with Crippen molar-refractivity contribution in [3.8, 4) is 0 Å². The highest BCUT2D eigenvalue weighted by molar-refractivity contribution is 7.18. The molecule has 0 saturated carbocycles. The maximum absolute atomic E-state index is 12.2. The highest BCUT2D eigenvalue weighted by Crippen LogP contribution is 2.31. The predicted molar refractivity (Wildman–Crippen MR) is 103 cm³/mol. The molecular formula is C18H17ClN2O5S. The maximum Gasteiger partial charge on any atom is 0.338 e. The Morgan fingerprint density at radius 3 is 2.56 bits per heavy atom. The minimum absolute atomic E-state index is 0.0412. The topological polar surface area (TPSA) is 89.8 Å². The first-order valence-corrected chi connectivity index (χ1v) is 9.64. The Hall–Kier alpha value is -2.45. The van der Waals surface area contributed by atoms with Crippen molar-refractivity contribution in [3.63, 3.8) is 0 Å². The van der Waals surface area contributed by atoms with Crippen molar-refractivity contribution in [1.82, 2.24) is 0 Å². The fourth-order valence-electron chi connectivity index (χ4n) is 2.95. The van der Waals surface area contributed by atoms with Crippen molar-refractivity contribution in [2.24, 2.45) is 0 Å². The molecule has 142 valence electrons. The highest BCUT2D eigenvalue weighted by Gasteiger charge is 2.24. The van der Waals surface area contributed by atoms with Crippen molar-refractivity contribution in [3.05, 3.63) is 55.2 Å². The van der Waals surface area contributed by atoms with Gasteiger partial charge in [-0.15, -0.1) is 11.3 Å². The molecule has 7 nitrogen and oxygen atoms in total. The first kappa shape index (κ1) is 19.3. The molecule has 0 amide bonds. The van der Waals surface area contributed by atoms with Crippen LogP contribution in [0.25, 0.3) is 0 Å². The zero-order valence-electron chi connectivity index (χ0n) is 14.4. The third-order valence-corrected chi connectivity index (χ3v) is 5.56. The monoisotopic (exact) mass is 408 g/mol. The lowest BCUT2D eigenvalue weighted by atomic mass is 10.1. The van der Waals surface area contributed by atoms with Crippen LogP contribution in [-0.2, 0) is 4.74 Å². The summed E-state index contributed by atoms with van der Waals surface area (Å²) in [5.74, 6) is -1.15. The zero-order chi connectivity index (χ0) is 19.4. The van der Waals surface area contributed by atoms with Gasteiger partial charge in [0.05, 0.1) is 19.7 Å². The molecular weight excluding hydrogens is 392 g/mol. The number of anilines is 1. The number of rotatable bonds is 6. The smallest absolute Gasteiger partial charge is 0.338 e. The van der Waals surface area contributed by atoms with Crippen LogP contribution in [0.3, 0.4) is 0 Å². The summed E-state index contributed by atoms with van der Waals surface area (Å²) < 4.78 is 5.48. The van der Waals surface area contributed by atoms with Crippen molar-refractivity contribution in [2.45, 2.75) is 19.3 Å². The van der Waals surface area contributed by atoms with E-state index in [-0.39, 0.29) is 17.0 Å². The van der Waals surface area contributed by atoms with Gasteiger partial charge < -0.3 is 9.64 Å². The van der Waals surface area contributed by atoms with Gasteiger partial charge in [0.25, 0.3) is 5.69 Å². The number of hydrogen-bond acceptors (Lipinski definition) is 7. The molecule has 1 aliphatic heterocycles. The summed E-state index contributed by atoms with van der Waals surface area (Å²) in [6.07, 6.45) is 3.07. The molecule has 0 bridgehead atoms. The Morgan fingerprint density at radius 1 is 1.19 bits per heavy atom. The van der Waals surface area contributed by atoms with Crippen LogP contribution in [0.2, 0.25) is 4.34 Å². The predicted octanol–water partition coefficient (Wildman–Crippen LogP) is 4.34. The number of benzene rings is 1. The lowest BCUT2D eigenvalue weighted by molar-refractivity contribution is -0.384. The normalized spacial score (nSPS) is 14.0. The number of ketones is 1. The molecule has 0 atom stereocenters. The van der Waals surface area contributed by atoms with Gasteiger partial charge >= 0.3 is 5.97 Å². The van der Waals surface area contributed by atoms with E-state index in [0.717, 1.165) is 43.7 Å². The van der Waals surface area contributed by atoms with Crippen LogP contribution in [-0.4, -0.2) is 36.4 Å². The van der Waals surface area contributed by atoms with Gasteiger partial charge in [-0.1, -0.05) is 11.6 Å². The van der Waals surface area contributed by atoms with E-state index in [0.29, 0.717) is 14.9 Å². The van der Waals surface area contributed by atoms with Crippen LogP contribution >= 0.6 is 22.9 Å². The van der Waals surface area contributed by atoms with Gasteiger partial charge in [-0.2, -0.15) is 0 Å². The van der Waals surface area contributed by atoms with Gasteiger partial charge in [0, 0.05) is 19.2 Å². The minimum atomic E-state index is -0.778. The molecule has 0 aliphatic carbocycles. The van der Waals surface area contributed by atoms with E-state index < -0.39 is 17.5 Å². The van der Waals surface area contributed by atoms with Crippen molar-refractivity contribution in [1.29, 1.82) is 0 Å². The van der Waals surface area contributed by atoms with E-state index in [1.807, 2.05) is 4.90 Å². The molecule has 1 aromatic heterocycles. The zero-order valence-corrected chi connectivity index (χ0v) is 15.9. The van der Waals surface area contributed by atoms with E-state index in [1.165, 1.54) is 12.1 Å². The molecule has 3 rings (SSSR count). The lowest BCUT2D eigenvalue weighted by Gasteiger charge is -2.28. The van der Waals surface area contributed by atoms with Gasteiger partial charge in [0.1, 0.15) is 5.69 Å². The van der Waals surface area contributed by atoms with Crippen LogP contribution < -0.4 is 4.90 Å². The number of nitrogens with zero attached hydrogens (tertiary/aromatic N) is 2. The molecule has 0 spiro atoms. The number of halogens is 1. The Morgan fingerprint density at radius 2 is 1.93 bits per heavy atom. The SMILES string of the molecule is O=C(OCC(=O)c1ccc(Cl)s1)c1ccc(N2CCCCC2)c([N+](=O)[O-])c1. The first-order valence-electron chi connectivity index (χ1n) is 8.45. The molecule has 1 aliphatic rings. The van der Waals surface area contributed by atoms with Crippen molar-refractivity contribution < 1.29 is 19.2 Å². The summed E-state index contributed by atoms with van der Waals surface area (Å²) in [6, 6.07) is 7.41. The largest absolute Gasteiger partial charge is 0.454 e. The molecule has 1 fully saturated rings. The summed E-state index contributed by atoms with van der Waals surface area (Å²) in [7, 11) is 0. The van der Waals surface area contributed by atoms with Gasteiger partial charge in [-0.05, 0) is 43.5 Å². The number of nitro benzene ring substituents is 1. The standard InChI is InChI=1S/C18H17ClN2O5S/c19-17-7-6-16(27-17)15(22)11-26-18(23)12-4-5-13(14(10-12)21(24)25)20-8-2-1-3-9-20/h4-7,10H,1-3,8-9,11H2. The fourth-order valence-corrected chi connectivity index (χ4v) is 3.92. The van der Waals surface area contributed by atoms with Crippen molar-refractivity contribution in [2.75, 3.05) is 24.6 Å². The van der Waals surface area contributed by atoms with Gasteiger partial charge in [0.2, 0.25) is 5.78 Å². The van der Waals surface area contributed by atoms with Crippen LogP contribution in [0.5, 0.6) is 0 Å². The van der Waals surface area contributed by atoms with Crippen LogP contribution in [0, 0.1) is 10.1 Å². The average Bonchev–Trinajstić information content (AvgIpc) is 3.12. The Kier molecular flexibility index (Phi) is 6.08. The quantitative estimate of drug-likeness (QED) is 0.305. The van der Waals surface area contributed by atoms with Crippen molar-refractivity contribution >= 4 is 46.1 Å². The van der Waals surface area contributed by atoms with Crippen LogP contribution in [0.15, 0.2) is 30.3 Å². The summed E-state index contributed by atoms with van der Waals surface area (Å²) in [5, 5.41) is 11.5. The summed E-state index contributed by atoms with van der Waals surface area (Å²) >= 11 is 6.88. The van der Waals surface area contributed by atoms with E-state index >= 15 is 0 Å². The van der Waals surface area contributed by atoms with Crippen LogP contribution in [0.1, 0.15) is 39.3 Å². The summed E-state index contributed by atoms with van der Waals surface area (Å²) in [6.45, 7) is 1.06. The van der Waals surface area contributed by atoms with Gasteiger partial charge in [-0.3, -0.25) is 14.9 Å². The molecule has 0 radical (unpaired) electrons. The Labute approximate surface area is 164 Å². The third kappa shape index (κ3) is 4.64. The number of Topliss-reactive ketones (excluding diaryl/α,β-unsaturated/α-hetero) is 1. The number of carbonyl (C=O) groups excluding carboxylic acids is 2. The van der Waals surface area contributed by atoms with E-state index in [9.17, 15) is 19.7 Å². The Bertz CT molecular complexity index is 876. The molecule has 1 saturated heterocycles. The molecule has 9 heteroatoms. The number of ether oxygens (including phenoxy) is 1. The molecule has 0 N–H and O–H groups in total. The third-order valence-electron chi connectivity index (χ3n) is 4.29. The lowest BCUT2D eigenvalue weighted by Crippen LogP contribution is -2.30. The Balaban J connectivity index is 1.71. The van der Waals surface area contributed by atoms with E-state index in [1.54, 1.807) is 18.2 Å². The van der Waals surface area contributed by atoms with Gasteiger partial charge in [-0.25, -0.2) is 4.79 Å². The minimum Gasteiger partial charge on any atom is -0.454 e. The summed E-state index contributed by atoms with van der Waals surface area (Å²) in [5.41, 5.74) is 0.405. The molecule has 2 heterocycles.